The summed E-state index contributed by atoms with van der Waals surface area (Å²) in [6.45, 7) is 3.65. The number of hydrogen-bond donors (Lipinski definition) is 2. The predicted molar refractivity (Wildman–Crippen MR) is 86.1 cm³/mol. The maximum Gasteiger partial charge on any atom is 0.417 e. The first-order valence-corrected chi connectivity index (χ1v) is 7.23. The Morgan fingerprint density at radius 1 is 1.04 bits per heavy atom. The number of aromatic amines is 1. The molecule has 0 unspecified atom stereocenters. The minimum atomic E-state index is -4.60. The summed E-state index contributed by atoms with van der Waals surface area (Å²) in [5.74, 6) is -0.720. The Morgan fingerprint density at radius 3 is 2.33 bits per heavy atom. The van der Waals surface area contributed by atoms with E-state index in [2.05, 4.69) is 4.98 Å². The largest absolute Gasteiger partial charge is 0.503 e. The highest BCUT2D eigenvalue weighted by molar-refractivity contribution is 5.86. The molecule has 0 atom stereocenters. The summed E-state index contributed by atoms with van der Waals surface area (Å²) in [7, 11) is 0. The molecule has 1 heterocycles. The van der Waals surface area contributed by atoms with Crippen molar-refractivity contribution in [2.45, 2.75) is 20.0 Å². The van der Waals surface area contributed by atoms with Crippen molar-refractivity contribution < 1.29 is 18.3 Å². The van der Waals surface area contributed by atoms with Crippen molar-refractivity contribution in [1.82, 2.24) is 4.98 Å². The standard InChI is InChI=1S/C18H14F3NO2/c1-9-7-12-14(8-10(9)2)22-15(17(24)16(12)23)11-5-3-4-6-13(11)18(19,20)21/h3-8,24H,1-2H3,(H,22,23). The van der Waals surface area contributed by atoms with Gasteiger partial charge in [0.05, 0.1) is 16.8 Å². The molecule has 0 amide bonds. The van der Waals surface area contributed by atoms with E-state index in [0.717, 1.165) is 17.2 Å². The van der Waals surface area contributed by atoms with Crippen LogP contribution in [0.15, 0.2) is 41.2 Å². The number of aromatic hydroxyl groups is 1. The molecular weight excluding hydrogens is 319 g/mol. The highest BCUT2D eigenvalue weighted by atomic mass is 19.4. The molecule has 6 heteroatoms. The number of pyridine rings is 1. The van der Waals surface area contributed by atoms with Gasteiger partial charge < -0.3 is 10.1 Å². The van der Waals surface area contributed by atoms with E-state index < -0.39 is 22.9 Å². The van der Waals surface area contributed by atoms with E-state index in [1.54, 1.807) is 12.1 Å². The summed E-state index contributed by atoms with van der Waals surface area (Å²) in [5.41, 5.74) is 0.0176. The van der Waals surface area contributed by atoms with Crippen LogP contribution in [0.1, 0.15) is 16.7 Å². The average Bonchev–Trinajstić information content (AvgIpc) is 2.52. The van der Waals surface area contributed by atoms with Gasteiger partial charge in [-0.3, -0.25) is 4.79 Å². The first-order chi connectivity index (χ1) is 11.2. The van der Waals surface area contributed by atoms with Crippen LogP contribution in [0, 0.1) is 13.8 Å². The summed E-state index contributed by atoms with van der Waals surface area (Å²) in [4.78, 5) is 15.2. The molecule has 0 aliphatic carbocycles. The molecule has 0 saturated heterocycles. The Morgan fingerprint density at radius 2 is 1.67 bits per heavy atom. The number of H-pyrrole nitrogens is 1. The lowest BCUT2D eigenvalue weighted by molar-refractivity contribution is -0.137. The fourth-order valence-corrected chi connectivity index (χ4v) is 2.69. The van der Waals surface area contributed by atoms with Crippen molar-refractivity contribution in [2.75, 3.05) is 0 Å². The second kappa shape index (κ2) is 5.40. The number of nitrogens with one attached hydrogen (secondary N) is 1. The van der Waals surface area contributed by atoms with Gasteiger partial charge in [-0.2, -0.15) is 13.2 Å². The topological polar surface area (TPSA) is 53.1 Å². The molecule has 24 heavy (non-hydrogen) atoms. The molecule has 3 rings (SSSR count). The second-order valence-corrected chi connectivity index (χ2v) is 5.70. The number of halogens is 3. The normalized spacial score (nSPS) is 11.9. The minimum Gasteiger partial charge on any atom is -0.503 e. The van der Waals surface area contributed by atoms with Crippen LogP contribution in [0.2, 0.25) is 0 Å². The van der Waals surface area contributed by atoms with Gasteiger partial charge in [-0.15, -0.1) is 0 Å². The molecule has 0 spiro atoms. The molecule has 0 fully saturated rings. The molecular formula is C18H14F3NO2. The molecule has 0 radical (unpaired) electrons. The highest BCUT2D eigenvalue weighted by Gasteiger charge is 2.34. The van der Waals surface area contributed by atoms with E-state index in [0.29, 0.717) is 5.52 Å². The van der Waals surface area contributed by atoms with Gasteiger partial charge in [0.15, 0.2) is 5.75 Å². The molecule has 124 valence electrons. The van der Waals surface area contributed by atoms with Crippen LogP contribution in [0.3, 0.4) is 0 Å². The monoisotopic (exact) mass is 333 g/mol. The number of alkyl halides is 3. The lowest BCUT2D eigenvalue weighted by Crippen LogP contribution is -2.10. The van der Waals surface area contributed by atoms with Crippen LogP contribution < -0.4 is 5.43 Å². The van der Waals surface area contributed by atoms with Crippen molar-refractivity contribution >= 4 is 10.9 Å². The van der Waals surface area contributed by atoms with Crippen molar-refractivity contribution in [3.63, 3.8) is 0 Å². The Kier molecular flexibility index (Phi) is 3.63. The fraction of sp³-hybridized carbons (Fsp3) is 0.167. The molecule has 0 aliphatic rings. The number of aryl methyl sites for hydroxylation is 2. The number of benzene rings is 2. The van der Waals surface area contributed by atoms with E-state index in [4.69, 9.17) is 0 Å². The van der Waals surface area contributed by atoms with Gasteiger partial charge in [-0.05, 0) is 43.2 Å². The summed E-state index contributed by atoms with van der Waals surface area (Å²) in [5, 5.41) is 10.4. The first kappa shape index (κ1) is 16.1. The highest BCUT2D eigenvalue weighted by Crippen LogP contribution is 2.38. The van der Waals surface area contributed by atoms with Gasteiger partial charge in [0.2, 0.25) is 5.43 Å². The molecule has 0 bridgehead atoms. The van der Waals surface area contributed by atoms with Gasteiger partial charge in [-0.25, -0.2) is 0 Å². The maximum atomic E-state index is 13.2. The lowest BCUT2D eigenvalue weighted by Gasteiger charge is -2.14. The van der Waals surface area contributed by atoms with E-state index in [-0.39, 0.29) is 16.6 Å². The average molecular weight is 333 g/mol. The molecule has 3 nitrogen and oxygen atoms in total. The number of fused-ring (bicyclic) bond motifs is 1. The van der Waals surface area contributed by atoms with E-state index >= 15 is 0 Å². The van der Waals surface area contributed by atoms with Crippen LogP contribution in [0.5, 0.6) is 5.75 Å². The zero-order valence-electron chi connectivity index (χ0n) is 13.0. The fourth-order valence-electron chi connectivity index (χ4n) is 2.69. The van der Waals surface area contributed by atoms with Crippen molar-refractivity contribution in [2.24, 2.45) is 0 Å². The Bertz CT molecular complexity index is 1000. The van der Waals surface area contributed by atoms with Crippen LogP contribution >= 0.6 is 0 Å². The molecule has 3 aromatic rings. The first-order valence-electron chi connectivity index (χ1n) is 7.23. The minimum absolute atomic E-state index is 0.233. The Balaban J connectivity index is 2.39. The SMILES string of the molecule is Cc1cc2[nH]c(-c3ccccc3C(F)(F)F)c(O)c(=O)c2cc1C. The van der Waals surface area contributed by atoms with Gasteiger partial charge in [-0.1, -0.05) is 18.2 Å². The summed E-state index contributed by atoms with van der Waals surface area (Å²) < 4.78 is 39.7. The lowest BCUT2D eigenvalue weighted by atomic mass is 10.00. The number of aromatic nitrogens is 1. The van der Waals surface area contributed by atoms with E-state index in [1.807, 2.05) is 13.8 Å². The second-order valence-electron chi connectivity index (χ2n) is 5.70. The summed E-state index contributed by atoms with van der Waals surface area (Å²) in [6, 6.07) is 8.12. The number of hydrogen-bond acceptors (Lipinski definition) is 2. The van der Waals surface area contributed by atoms with Gasteiger partial charge in [0.25, 0.3) is 0 Å². The Hall–Kier alpha value is -2.76. The van der Waals surface area contributed by atoms with Crippen molar-refractivity contribution in [1.29, 1.82) is 0 Å². The number of rotatable bonds is 1. The predicted octanol–water partition coefficient (Wildman–Crippen LogP) is 4.54. The van der Waals surface area contributed by atoms with Gasteiger partial charge in [0.1, 0.15) is 0 Å². The quantitative estimate of drug-likeness (QED) is 0.687. The molecule has 0 aliphatic heterocycles. The third-order valence-electron chi connectivity index (χ3n) is 4.09. The van der Waals surface area contributed by atoms with Crippen molar-refractivity contribution in [3.8, 4) is 17.0 Å². The van der Waals surface area contributed by atoms with Crippen LogP contribution in [0.4, 0.5) is 13.2 Å². The van der Waals surface area contributed by atoms with Crippen LogP contribution in [-0.2, 0) is 6.18 Å². The van der Waals surface area contributed by atoms with Crippen molar-refractivity contribution in [3.05, 3.63) is 63.3 Å². The molecule has 1 aromatic heterocycles. The van der Waals surface area contributed by atoms with Gasteiger partial charge >= 0.3 is 6.18 Å². The van der Waals surface area contributed by atoms with E-state index in [1.165, 1.54) is 18.2 Å². The third-order valence-corrected chi connectivity index (χ3v) is 4.09. The zero-order valence-corrected chi connectivity index (χ0v) is 13.0. The zero-order chi connectivity index (χ0) is 17.6. The molecule has 2 N–H and O–H groups in total. The van der Waals surface area contributed by atoms with Gasteiger partial charge in [0, 0.05) is 10.9 Å². The summed E-state index contributed by atoms with van der Waals surface area (Å²) in [6.07, 6.45) is -4.60. The smallest absolute Gasteiger partial charge is 0.417 e. The van der Waals surface area contributed by atoms with Crippen LogP contribution in [0.25, 0.3) is 22.2 Å². The molecule has 2 aromatic carbocycles. The third kappa shape index (κ3) is 2.54. The van der Waals surface area contributed by atoms with Crippen LogP contribution in [-0.4, -0.2) is 10.1 Å². The summed E-state index contributed by atoms with van der Waals surface area (Å²) >= 11 is 0. The van der Waals surface area contributed by atoms with E-state index in [9.17, 15) is 23.1 Å². The molecule has 0 saturated carbocycles. The Labute approximate surface area is 135 Å². The maximum absolute atomic E-state index is 13.2.